The van der Waals surface area contributed by atoms with Gasteiger partial charge in [0.05, 0.1) is 0 Å². The van der Waals surface area contributed by atoms with Gasteiger partial charge in [0.2, 0.25) is 0 Å². The number of nitrogens with zero attached hydrogens (tertiary/aromatic N) is 1. The van der Waals surface area contributed by atoms with Gasteiger partial charge < -0.3 is 16.2 Å². The molecule has 0 fully saturated rings. The van der Waals surface area contributed by atoms with E-state index in [1.165, 1.54) is 12.1 Å². The third-order valence-electron chi connectivity index (χ3n) is 2.20. The van der Waals surface area contributed by atoms with Gasteiger partial charge in [-0.1, -0.05) is 0 Å². The van der Waals surface area contributed by atoms with Crippen LogP contribution in [0.2, 0.25) is 0 Å². The molecule has 0 aliphatic carbocycles. The number of rotatable bonds is 3. The smallest absolute Gasteiger partial charge is 0.167 e. The molecule has 1 aromatic carbocycles. The molecule has 0 saturated carbocycles. The Kier molecular flexibility index (Phi) is 3.09. The van der Waals surface area contributed by atoms with Crippen LogP contribution in [0.3, 0.4) is 0 Å². The Balaban J connectivity index is 2.07. The molecule has 5 heteroatoms. The third kappa shape index (κ3) is 2.84. The first kappa shape index (κ1) is 11.2. The molecule has 0 unspecified atom stereocenters. The van der Waals surface area contributed by atoms with Crippen molar-refractivity contribution in [2.24, 2.45) is 0 Å². The zero-order valence-corrected chi connectivity index (χ0v) is 9.06. The number of benzene rings is 1. The molecule has 0 saturated heterocycles. The van der Waals surface area contributed by atoms with Crippen molar-refractivity contribution in [2.45, 2.75) is 6.61 Å². The predicted octanol–water partition coefficient (Wildman–Crippen LogP) is 1.96. The molecule has 1 heterocycles. The van der Waals surface area contributed by atoms with Crippen LogP contribution >= 0.6 is 0 Å². The summed E-state index contributed by atoms with van der Waals surface area (Å²) in [7, 11) is 0. The highest BCUT2D eigenvalue weighted by atomic mass is 19.1. The van der Waals surface area contributed by atoms with E-state index in [0.717, 1.165) is 5.56 Å². The second-order valence-electron chi connectivity index (χ2n) is 3.57. The normalized spacial score (nSPS) is 10.2. The number of ether oxygens (including phenoxy) is 1. The fraction of sp³-hybridized carbons (Fsp3) is 0.0833. The van der Waals surface area contributed by atoms with Crippen molar-refractivity contribution in [3.8, 4) is 5.75 Å². The lowest BCUT2D eigenvalue weighted by atomic mass is 10.2. The van der Waals surface area contributed by atoms with Crippen molar-refractivity contribution in [1.82, 2.24) is 4.98 Å². The Bertz CT molecular complexity index is 531. The molecule has 0 aliphatic rings. The van der Waals surface area contributed by atoms with E-state index in [1.54, 1.807) is 24.4 Å². The summed E-state index contributed by atoms with van der Waals surface area (Å²) in [5.41, 5.74) is 12.1. The van der Waals surface area contributed by atoms with Gasteiger partial charge in [-0.25, -0.2) is 9.37 Å². The average Bonchev–Trinajstić information content (AvgIpc) is 2.28. The molecule has 2 rings (SSSR count). The van der Waals surface area contributed by atoms with E-state index in [-0.39, 0.29) is 12.4 Å². The van der Waals surface area contributed by atoms with Crippen molar-refractivity contribution in [3.63, 3.8) is 0 Å². The Morgan fingerprint density at radius 1 is 1.18 bits per heavy atom. The summed E-state index contributed by atoms with van der Waals surface area (Å²) < 4.78 is 18.7. The number of hydrogen-bond acceptors (Lipinski definition) is 4. The van der Waals surface area contributed by atoms with Crippen LogP contribution in [0.1, 0.15) is 5.56 Å². The maximum Gasteiger partial charge on any atom is 0.167 e. The summed E-state index contributed by atoms with van der Waals surface area (Å²) in [6, 6.07) is 7.73. The van der Waals surface area contributed by atoms with Crippen LogP contribution in [0.5, 0.6) is 5.75 Å². The Labute approximate surface area is 98.0 Å². The summed E-state index contributed by atoms with van der Waals surface area (Å²) in [5.74, 6) is 0.0884. The van der Waals surface area contributed by atoms with Gasteiger partial charge in [0.1, 0.15) is 12.4 Å². The summed E-state index contributed by atoms with van der Waals surface area (Å²) in [6.07, 6.45) is 1.58. The maximum absolute atomic E-state index is 13.4. The molecule has 0 aliphatic heterocycles. The van der Waals surface area contributed by atoms with Gasteiger partial charge in [-0.15, -0.1) is 0 Å². The van der Waals surface area contributed by atoms with Gasteiger partial charge in [0.25, 0.3) is 0 Å². The van der Waals surface area contributed by atoms with Crippen LogP contribution in [0.25, 0.3) is 0 Å². The standard InChI is InChI=1S/C12H12FN3O/c13-10-6-9(14)1-2-11(10)17-7-8-3-4-16-12(15)5-8/h1-6H,7,14H2,(H2,15,16). The molecule has 0 radical (unpaired) electrons. The van der Waals surface area contributed by atoms with E-state index in [9.17, 15) is 4.39 Å². The van der Waals surface area contributed by atoms with Gasteiger partial charge >= 0.3 is 0 Å². The zero-order valence-electron chi connectivity index (χ0n) is 9.06. The quantitative estimate of drug-likeness (QED) is 0.795. The van der Waals surface area contributed by atoms with Gasteiger partial charge in [0.15, 0.2) is 11.6 Å². The lowest BCUT2D eigenvalue weighted by molar-refractivity contribution is 0.290. The fourth-order valence-electron chi connectivity index (χ4n) is 1.38. The molecule has 17 heavy (non-hydrogen) atoms. The molecular weight excluding hydrogens is 221 g/mol. The minimum atomic E-state index is -0.480. The number of hydrogen-bond donors (Lipinski definition) is 2. The average molecular weight is 233 g/mol. The predicted molar refractivity (Wildman–Crippen MR) is 63.8 cm³/mol. The van der Waals surface area contributed by atoms with Gasteiger partial charge in [-0.2, -0.15) is 0 Å². The number of pyridine rings is 1. The van der Waals surface area contributed by atoms with Crippen LogP contribution in [0, 0.1) is 5.82 Å². The van der Waals surface area contributed by atoms with Crippen LogP contribution in [0.4, 0.5) is 15.9 Å². The van der Waals surface area contributed by atoms with E-state index in [2.05, 4.69) is 4.98 Å². The van der Waals surface area contributed by atoms with E-state index >= 15 is 0 Å². The van der Waals surface area contributed by atoms with Crippen molar-refractivity contribution in [2.75, 3.05) is 11.5 Å². The molecular formula is C12H12FN3O. The molecule has 0 atom stereocenters. The van der Waals surface area contributed by atoms with E-state index in [1.807, 2.05) is 0 Å². The summed E-state index contributed by atoms with van der Waals surface area (Å²) >= 11 is 0. The molecule has 4 nitrogen and oxygen atoms in total. The minimum Gasteiger partial charge on any atom is -0.486 e. The van der Waals surface area contributed by atoms with E-state index in [4.69, 9.17) is 16.2 Å². The molecule has 0 bridgehead atoms. The van der Waals surface area contributed by atoms with Gasteiger partial charge in [-0.05, 0) is 29.8 Å². The Hall–Kier alpha value is -2.30. The van der Waals surface area contributed by atoms with Crippen molar-refractivity contribution in [3.05, 3.63) is 47.9 Å². The van der Waals surface area contributed by atoms with E-state index in [0.29, 0.717) is 11.5 Å². The SMILES string of the molecule is Nc1ccc(OCc2ccnc(N)c2)c(F)c1. The highest BCUT2D eigenvalue weighted by molar-refractivity contribution is 5.43. The molecule has 4 N–H and O–H groups in total. The minimum absolute atomic E-state index is 0.162. The van der Waals surface area contributed by atoms with Crippen LogP contribution < -0.4 is 16.2 Å². The topological polar surface area (TPSA) is 74.2 Å². The number of halogens is 1. The number of nitrogen functional groups attached to an aromatic ring is 2. The molecule has 88 valence electrons. The molecule has 1 aromatic heterocycles. The van der Waals surface area contributed by atoms with E-state index < -0.39 is 5.82 Å². The molecule has 0 spiro atoms. The highest BCUT2D eigenvalue weighted by Gasteiger charge is 2.04. The summed E-state index contributed by atoms with van der Waals surface area (Å²) in [5, 5.41) is 0. The first-order valence-corrected chi connectivity index (χ1v) is 5.03. The molecule has 0 amide bonds. The fourth-order valence-corrected chi connectivity index (χ4v) is 1.38. The van der Waals surface area contributed by atoms with Crippen molar-refractivity contribution < 1.29 is 9.13 Å². The van der Waals surface area contributed by atoms with Crippen molar-refractivity contribution >= 4 is 11.5 Å². The number of aromatic nitrogens is 1. The Morgan fingerprint density at radius 2 is 2.00 bits per heavy atom. The first-order chi connectivity index (χ1) is 8.15. The second kappa shape index (κ2) is 4.69. The lowest BCUT2D eigenvalue weighted by Crippen LogP contribution is -1.99. The third-order valence-corrected chi connectivity index (χ3v) is 2.20. The number of nitrogens with two attached hydrogens (primary N) is 2. The summed E-state index contributed by atoms with van der Waals surface area (Å²) in [4.78, 5) is 3.86. The summed E-state index contributed by atoms with van der Waals surface area (Å²) in [6.45, 7) is 0.230. The second-order valence-corrected chi connectivity index (χ2v) is 3.57. The largest absolute Gasteiger partial charge is 0.486 e. The van der Waals surface area contributed by atoms with Crippen LogP contribution in [-0.2, 0) is 6.61 Å². The molecule has 2 aromatic rings. The van der Waals surface area contributed by atoms with Gasteiger partial charge in [-0.3, -0.25) is 0 Å². The lowest BCUT2D eigenvalue weighted by Gasteiger charge is -2.07. The maximum atomic E-state index is 13.4. The monoisotopic (exact) mass is 233 g/mol. The Morgan fingerprint density at radius 3 is 2.71 bits per heavy atom. The van der Waals surface area contributed by atoms with Gasteiger partial charge in [0, 0.05) is 18.0 Å². The number of anilines is 2. The van der Waals surface area contributed by atoms with Crippen molar-refractivity contribution in [1.29, 1.82) is 0 Å². The van der Waals surface area contributed by atoms with Crippen LogP contribution in [-0.4, -0.2) is 4.98 Å². The highest BCUT2D eigenvalue weighted by Crippen LogP contribution is 2.20. The van der Waals surface area contributed by atoms with Crippen LogP contribution in [0.15, 0.2) is 36.5 Å². The first-order valence-electron chi connectivity index (χ1n) is 5.03. The zero-order chi connectivity index (χ0) is 12.3.